The van der Waals surface area contributed by atoms with Crippen molar-refractivity contribution >= 4 is 11.9 Å². The molecule has 1 aromatic carbocycles. The molecule has 96 valence electrons. The van der Waals surface area contributed by atoms with Crippen molar-refractivity contribution in [2.75, 3.05) is 19.8 Å². The summed E-state index contributed by atoms with van der Waals surface area (Å²) in [6, 6.07) is 6.28. The molecule has 18 heavy (non-hydrogen) atoms. The van der Waals surface area contributed by atoms with Crippen LogP contribution in [0, 0.1) is 6.92 Å². The van der Waals surface area contributed by atoms with E-state index in [1.54, 1.807) is 12.1 Å². The molecular weight excluding hydrogens is 234 g/mol. The molecule has 5 nitrogen and oxygen atoms in total. The average Bonchev–Trinajstić information content (AvgIpc) is 2.38. The quantitative estimate of drug-likeness (QED) is 0.846. The summed E-state index contributed by atoms with van der Waals surface area (Å²) in [6.45, 7) is 2.57. The molecule has 1 unspecified atom stereocenters. The van der Waals surface area contributed by atoms with Gasteiger partial charge in [0.05, 0.1) is 13.2 Å². The van der Waals surface area contributed by atoms with E-state index < -0.39 is 12.0 Å². The van der Waals surface area contributed by atoms with E-state index >= 15 is 0 Å². The van der Waals surface area contributed by atoms with E-state index in [9.17, 15) is 9.59 Å². The van der Waals surface area contributed by atoms with E-state index in [-0.39, 0.29) is 12.5 Å². The Labute approximate surface area is 105 Å². The van der Waals surface area contributed by atoms with E-state index in [2.05, 4.69) is 0 Å². The molecule has 2 rings (SSSR count). The third-order valence-corrected chi connectivity index (χ3v) is 3.05. The van der Waals surface area contributed by atoms with Crippen molar-refractivity contribution in [1.29, 1.82) is 0 Å². The van der Waals surface area contributed by atoms with Crippen LogP contribution < -0.4 is 0 Å². The van der Waals surface area contributed by atoms with Crippen LogP contribution >= 0.6 is 0 Å². The van der Waals surface area contributed by atoms with Crippen LogP contribution in [0.15, 0.2) is 24.3 Å². The standard InChI is InChI=1S/C13H15NO4/c1-9-4-2-3-5-10(9)12(15)14-6-7-18-8-11(14)13(16)17/h2-5,11H,6-8H2,1H3,(H,16,17). The summed E-state index contributed by atoms with van der Waals surface area (Å²) in [4.78, 5) is 24.8. The zero-order valence-electron chi connectivity index (χ0n) is 10.1. The van der Waals surface area contributed by atoms with Gasteiger partial charge in [-0.2, -0.15) is 0 Å². The fourth-order valence-corrected chi connectivity index (χ4v) is 2.02. The van der Waals surface area contributed by atoms with Crippen LogP contribution in [-0.4, -0.2) is 47.7 Å². The lowest BCUT2D eigenvalue weighted by Crippen LogP contribution is -2.52. The lowest BCUT2D eigenvalue weighted by molar-refractivity contribution is -0.147. The molecule has 1 aliphatic heterocycles. The van der Waals surface area contributed by atoms with Crippen LogP contribution in [0.1, 0.15) is 15.9 Å². The summed E-state index contributed by atoms with van der Waals surface area (Å²) in [5.41, 5.74) is 1.39. The first kappa shape index (κ1) is 12.6. The Bertz CT molecular complexity index is 472. The van der Waals surface area contributed by atoms with Gasteiger partial charge in [0.1, 0.15) is 0 Å². The number of ether oxygens (including phenoxy) is 1. The number of amides is 1. The number of carboxylic acids is 1. The summed E-state index contributed by atoms with van der Waals surface area (Å²) >= 11 is 0. The number of carboxylic acid groups (broad SMARTS) is 1. The molecule has 1 saturated heterocycles. The minimum Gasteiger partial charge on any atom is -0.480 e. The summed E-state index contributed by atoms with van der Waals surface area (Å²) in [5.74, 6) is -1.28. The number of morpholine rings is 1. The molecule has 0 spiro atoms. The van der Waals surface area contributed by atoms with Gasteiger partial charge in [0, 0.05) is 12.1 Å². The van der Waals surface area contributed by atoms with Crippen LogP contribution in [0.5, 0.6) is 0 Å². The number of aryl methyl sites for hydroxylation is 1. The van der Waals surface area contributed by atoms with Crippen molar-refractivity contribution < 1.29 is 19.4 Å². The van der Waals surface area contributed by atoms with E-state index in [0.29, 0.717) is 18.7 Å². The summed E-state index contributed by atoms with van der Waals surface area (Å²) in [7, 11) is 0. The van der Waals surface area contributed by atoms with Gasteiger partial charge >= 0.3 is 5.97 Å². The van der Waals surface area contributed by atoms with Crippen LogP contribution in [0.3, 0.4) is 0 Å². The Morgan fingerprint density at radius 2 is 2.11 bits per heavy atom. The van der Waals surface area contributed by atoms with Crippen molar-refractivity contribution in [2.24, 2.45) is 0 Å². The maximum Gasteiger partial charge on any atom is 0.328 e. The minimum absolute atomic E-state index is 0.0486. The number of benzene rings is 1. The number of hydrogen-bond donors (Lipinski definition) is 1. The molecule has 1 N–H and O–H groups in total. The summed E-state index contributed by atoms with van der Waals surface area (Å²) in [5, 5.41) is 9.10. The van der Waals surface area contributed by atoms with Gasteiger partial charge in [0.2, 0.25) is 0 Å². The van der Waals surface area contributed by atoms with Gasteiger partial charge in [0.15, 0.2) is 6.04 Å². The molecule has 1 atom stereocenters. The Morgan fingerprint density at radius 3 is 2.78 bits per heavy atom. The van der Waals surface area contributed by atoms with Gasteiger partial charge in [-0.15, -0.1) is 0 Å². The highest BCUT2D eigenvalue weighted by atomic mass is 16.5. The minimum atomic E-state index is -1.03. The number of carbonyl (C=O) groups is 2. The molecule has 0 radical (unpaired) electrons. The van der Waals surface area contributed by atoms with Gasteiger partial charge in [-0.1, -0.05) is 18.2 Å². The molecule has 0 aliphatic carbocycles. The van der Waals surface area contributed by atoms with Gasteiger partial charge in [0.25, 0.3) is 5.91 Å². The number of hydrogen-bond acceptors (Lipinski definition) is 3. The van der Waals surface area contributed by atoms with E-state index in [0.717, 1.165) is 5.56 Å². The maximum atomic E-state index is 12.3. The van der Waals surface area contributed by atoms with Crippen molar-refractivity contribution in [3.8, 4) is 0 Å². The first-order chi connectivity index (χ1) is 8.61. The molecule has 0 bridgehead atoms. The van der Waals surface area contributed by atoms with E-state index in [1.807, 2.05) is 19.1 Å². The Kier molecular flexibility index (Phi) is 3.62. The Hall–Kier alpha value is -1.88. The molecule has 1 heterocycles. The molecule has 5 heteroatoms. The van der Waals surface area contributed by atoms with Gasteiger partial charge in [-0.25, -0.2) is 4.79 Å². The van der Waals surface area contributed by atoms with Gasteiger partial charge in [-0.3, -0.25) is 4.79 Å². The molecular formula is C13H15NO4. The predicted octanol–water partition coefficient (Wildman–Crippen LogP) is 0.921. The van der Waals surface area contributed by atoms with Crippen LogP contribution in [0.25, 0.3) is 0 Å². The molecule has 1 fully saturated rings. The van der Waals surface area contributed by atoms with Gasteiger partial charge in [-0.05, 0) is 18.6 Å². The SMILES string of the molecule is Cc1ccccc1C(=O)N1CCOCC1C(=O)O. The number of nitrogens with zero attached hydrogens (tertiary/aromatic N) is 1. The largest absolute Gasteiger partial charge is 0.480 e. The molecule has 0 aromatic heterocycles. The highest BCUT2D eigenvalue weighted by Gasteiger charge is 2.33. The normalized spacial score (nSPS) is 19.6. The van der Waals surface area contributed by atoms with Crippen LogP contribution in [0.2, 0.25) is 0 Å². The second kappa shape index (κ2) is 5.18. The third-order valence-electron chi connectivity index (χ3n) is 3.05. The highest BCUT2D eigenvalue weighted by molar-refractivity contribution is 5.97. The monoisotopic (exact) mass is 249 g/mol. The lowest BCUT2D eigenvalue weighted by Gasteiger charge is -2.33. The first-order valence-electron chi connectivity index (χ1n) is 5.78. The molecule has 1 aliphatic rings. The molecule has 1 amide bonds. The van der Waals surface area contributed by atoms with E-state index in [1.165, 1.54) is 4.90 Å². The smallest absolute Gasteiger partial charge is 0.328 e. The maximum absolute atomic E-state index is 12.3. The number of rotatable bonds is 2. The third kappa shape index (κ3) is 2.36. The Morgan fingerprint density at radius 1 is 1.39 bits per heavy atom. The zero-order chi connectivity index (χ0) is 13.1. The topological polar surface area (TPSA) is 66.8 Å². The molecule has 0 saturated carbocycles. The first-order valence-corrected chi connectivity index (χ1v) is 5.78. The van der Waals surface area contributed by atoms with Crippen LogP contribution in [-0.2, 0) is 9.53 Å². The number of aliphatic carboxylic acids is 1. The second-order valence-electron chi connectivity index (χ2n) is 4.24. The second-order valence-corrected chi connectivity index (χ2v) is 4.24. The summed E-state index contributed by atoms with van der Waals surface area (Å²) in [6.07, 6.45) is 0. The highest BCUT2D eigenvalue weighted by Crippen LogP contribution is 2.15. The average molecular weight is 249 g/mol. The fourth-order valence-electron chi connectivity index (χ4n) is 2.02. The summed E-state index contributed by atoms with van der Waals surface area (Å²) < 4.78 is 5.12. The lowest BCUT2D eigenvalue weighted by atomic mass is 10.1. The van der Waals surface area contributed by atoms with Gasteiger partial charge < -0.3 is 14.7 Å². The van der Waals surface area contributed by atoms with Crippen molar-refractivity contribution in [3.63, 3.8) is 0 Å². The van der Waals surface area contributed by atoms with E-state index in [4.69, 9.17) is 9.84 Å². The van der Waals surface area contributed by atoms with Crippen molar-refractivity contribution in [2.45, 2.75) is 13.0 Å². The zero-order valence-corrected chi connectivity index (χ0v) is 10.1. The fraction of sp³-hybridized carbons (Fsp3) is 0.385. The van der Waals surface area contributed by atoms with Crippen LogP contribution in [0.4, 0.5) is 0 Å². The number of carbonyl (C=O) groups excluding carboxylic acids is 1. The Balaban J connectivity index is 2.27. The molecule has 1 aromatic rings. The van der Waals surface area contributed by atoms with Crippen molar-refractivity contribution in [3.05, 3.63) is 35.4 Å². The van der Waals surface area contributed by atoms with Crippen molar-refractivity contribution in [1.82, 2.24) is 4.90 Å². The predicted molar refractivity (Wildman–Crippen MR) is 64.5 cm³/mol.